The highest BCUT2D eigenvalue weighted by atomic mass is 32.2. The number of amides is 2. The summed E-state index contributed by atoms with van der Waals surface area (Å²) in [5, 5.41) is 19.8. The number of nitro benzene ring substituents is 1. The van der Waals surface area contributed by atoms with Crippen LogP contribution in [0.15, 0.2) is 88.2 Å². The number of carbonyl (C=O) groups excluding carboxylic acids is 2. The number of non-ortho nitro benzene ring substituents is 1. The second-order valence-corrected chi connectivity index (χ2v) is 10.8. The summed E-state index contributed by atoms with van der Waals surface area (Å²) in [6, 6.07) is 14.2. The highest BCUT2D eigenvalue weighted by Crippen LogP contribution is 2.21. The number of aromatic nitrogens is 1. The standard InChI is InChI=1S/C23H17N5O6S3/c29-21(25-16-6-8-18(9-7-16)37(33,34)27-23-24-10-12-36-23)19(26-22(30)20-5-2-11-35-20)14-15-3-1-4-17(13-15)28(31)32/h1-14H,(H,24,27)(H,25,29)(H,26,30)/b19-14+. The van der Waals surface area contributed by atoms with Gasteiger partial charge in [-0.25, -0.2) is 13.4 Å². The zero-order valence-corrected chi connectivity index (χ0v) is 21.1. The minimum Gasteiger partial charge on any atom is -0.321 e. The van der Waals surface area contributed by atoms with E-state index in [4.69, 9.17) is 0 Å². The Balaban J connectivity index is 1.56. The first-order chi connectivity index (χ1) is 17.7. The second kappa shape index (κ2) is 11.1. The average Bonchev–Trinajstić information content (AvgIpc) is 3.58. The molecule has 4 rings (SSSR count). The van der Waals surface area contributed by atoms with Gasteiger partial charge in [-0.05, 0) is 47.4 Å². The number of anilines is 2. The van der Waals surface area contributed by atoms with Crippen LogP contribution in [0, 0.1) is 10.1 Å². The summed E-state index contributed by atoms with van der Waals surface area (Å²) in [5.74, 6) is -1.25. The van der Waals surface area contributed by atoms with Gasteiger partial charge in [-0.2, -0.15) is 0 Å². The van der Waals surface area contributed by atoms with Crippen molar-refractivity contribution in [3.05, 3.63) is 104 Å². The molecule has 0 atom stereocenters. The molecule has 0 saturated heterocycles. The van der Waals surface area contributed by atoms with Crippen molar-refractivity contribution in [2.45, 2.75) is 4.90 Å². The number of rotatable bonds is 9. The van der Waals surface area contributed by atoms with Crippen LogP contribution in [0.25, 0.3) is 6.08 Å². The van der Waals surface area contributed by atoms with Crippen LogP contribution >= 0.6 is 22.7 Å². The molecule has 3 N–H and O–H groups in total. The minimum atomic E-state index is -3.87. The molecular weight excluding hydrogens is 538 g/mol. The van der Waals surface area contributed by atoms with E-state index in [-0.39, 0.29) is 27.1 Å². The van der Waals surface area contributed by atoms with Gasteiger partial charge in [0.05, 0.1) is 14.7 Å². The third-order valence-electron chi connectivity index (χ3n) is 4.71. The van der Waals surface area contributed by atoms with Crippen LogP contribution in [0.4, 0.5) is 16.5 Å². The van der Waals surface area contributed by atoms with Gasteiger partial charge in [-0.3, -0.25) is 24.4 Å². The van der Waals surface area contributed by atoms with E-state index in [1.165, 1.54) is 66.1 Å². The summed E-state index contributed by atoms with van der Waals surface area (Å²) in [4.78, 5) is 40.4. The van der Waals surface area contributed by atoms with Gasteiger partial charge in [0.15, 0.2) is 5.13 Å². The van der Waals surface area contributed by atoms with E-state index in [1.54, 1.807) is 29.0 Å². The Labute approximate surface area is 218 Å². The van der Waals surface area contributed by atoms with E-state index in [9.17, 15) is 28.1 Å². The quantitative estimate of drug-likeness (QED) is 0.157. The number of thiazole rings is 1. The molecule has 0 fully saturated rings. The van der Waals surface area contributed by atoms with Crippen molar-refractivity contribution < 1.29 is 22.9 Å². The number of nitro groups is 1. The van der Waals surface area contributed by atoms with Crippen LogP contribution in [-0.2, 0) is 14.8 Å². The van der Waals surface area contributed by atoms with Gasteiger partial charge in [0.25, 0.3) is 27.5 Å². The van der Waals surface area contributed by atoms with Crippen molar-refractivity contribution >= 4 is 67.1 Å². The monoisotopic (exact) mass is 555 g/mol. The van der Waals surface area contributed by atoms with Gasteiger partial charge in [-0.15, -0.1) is 22.7 Å². The largest absolute Gasteiger partial charge is 0.321 e. The third kappa shape index (κ3) is 6.63. The molecule has 11 nitrogen and oxygen atoms in total. The molecule has 188 valence electrons. The maximum Gasteiger partial charge on any atom is 0.272 e. The van der Waals surface area contributed by atoms with Crippen LogP contribution in [-0.4, -0.2) is 30.1 Å². The minimum absolute atomic E-state index is 0.0425. The molecule has 2 aromatic carbocycles. The van der Waals surface area contributed by atoms with Crippen LogP contribution in [0.3, 0.4) is 0 Å². The molecule has 2 heterocycles. The number of benzene rings is 2. The zero-order valence-electron chi connectivity index (χ0n) is 18.7. The van der Waals surface area contributed by atoms with Crippen molar-refractivity contribution in [2.75, 3.05) is 10.0 Å². The fraction of sp³-hybridized carbons (Fsp3) is 0. The molecule has 14 heteroatoms. The second-order valence-electron chi connectivity index (χ2n) is 7.26. The van der Waals surface area contributed by atoms with Crippen LogP contribution < -0.4 is 15.4 Å². The molecule has 0 saturated carbocycles. The summed E-state index contributed by atoms with van der Waals surface area (Å²) in [6.07, 6.45) is 2.78. The molecule has 0 aliphatic carbocycles. The summed E-state index contributed by atoms with van der Waals surface area (Å²) in [6.45, 7) is 0. The Morgan fingerprint density at radius 2 is 1.78 bits per heavy atom. The van der Waals surface area contributed by atoms with Gasteiger partial charge in [0.2, 0.25) is 0 Å². The highest BCUT2D eigenvalue weighted by Gasteiger charge is 2.18. The van der Waals surface area contributed by atoms with E-state index in [1.807, 2.05) is 0 Å². The molecule has 0 unspecified atom stereocenters. The summed E-state index contributed by atoms with van der Waals surface area (Å²) in [7, 11) is -3.87. The maximum absolute atomic E-state index is 13.1. The van der Waals surface area contributed by atoms with Gasteiger partial charge in [0.1, 0.15) is 5.70 Å². The number of thiophene rings is 1. The van der Waals surface area contributed by atoms with E-state index in [0.29, 0.717) is 10.4 Å². The Morgan fingerprint density at radius 3 is 2.43 bits per heavy atom. The van der Waals surface area contributed by atoms with E-state index < -0.39 is 26.8 Å². The van der Waals surface area contributed by atoms with Crippen LogP contribution in [0.5, 0.6) is 0 Å². The van der Waals surface area contributed by atoms with Crippen molar-refractivity contribution in [3.63, 3.8) is 0 Å². The maximum atomic E-state index is 13.1. The first-order valence-corrected chi connectivity index (χ1v) is 13.6. The molecule has 37 heavy (non-hydrogen) atoms. The van der Waals surface area contributed by atoms with Crippen molar-refractivity contribution in [1.82, 2.24) is 10.3 Å². The predicted octanol–water partition coefficient (Wildman–Crippen LogP) is 4.32. The first kappa shape index (κ1) is 25.7. The predicted molar refractivity (Wildman–Crippen MR) is 141 cm³/mol. The number of hydrogen-bond donors (Lipinski definition) is 3. The normalized spacial score (nSPS) is 11.5. The average molecular weight is 556 g/mol. The highest BCUT2D eigenvalue weighted by molar-refractivity contribution is 7.93. The Hall–Kier alpha value is -4.40. The molecule has 0 aliphatic heterocycles. The fourth-order valence-corrected chi connectivity index (χ4v) is 5.42. The summed E-state index contributed by atoms with van der Waals surface area (Å²) in [5.41, 5.74) is 0.233. The van der Waals surface area contributed by atoms with Crippen molar-refractivity contribution in [2.24, 2.45) is 0 Å². The Kier molecular flexibility index (Phi) is 7.71. The number of nitrogens with one attached hydrogen (secondary N) is 3. The number of hydrogen-bond acceptors (Lipinski definition) is 9. The van der Waals surface area contributed by atoms with Gasteiger partial charge in [0, 0.05) is 29.4 Å². The lowest BCUT2D eigenvalue weighted by Crippen LogP contribution is -2.30. The molecule has 0 bridgehead atoms. The Bertz CT molecular complexity index is 1570. The first-order valence-electron chi connectivity index (χ1n) is 10.4. The third-order valence-corrected chi connectivity index (χ3v) is 7.75. The molecule has 2 amide bonds. The van der Waals surface area contributed by atoms with E-state index in [2.05, 4.69) is 20.3 Å². The lowest BCUT2D eigenvalue weighted by molar-refractivity contribution is -0.384. The Morgan fingerprint density at radius 1 is 1.00 bits per heavy atom. The lowest BCUT2D eigenvalue weighted by Gasteiger charge is -2.11. The van der Waals surface area contributed by atoms with Crippen molar-refractivity contribution in [1.29, 1.82) is 0 Å². The van der Waals surface area contributed by atoms with Crippen molar-refractivity contribution in [3.8, 4) is 0 Å². The molecule has 0 spiro atoms. The molecule has 0 aliphatic rings. The summed E-state index contributed by atoms with van der Waals surface area (Å²) < 4.78 is 27.4. The zero-order chi connectivity index (χ0) is 26.4. The van der Waals surface area contributed by atoms with E-state index in [0.717, 1.165) is 11.3 Å². The van der Waals surface area contributed by atoms with Gasteiger partial charge in [-0.1, -0.05) is 18.2 Å². The van der Waals surface area contributed by atoms with E-state index >= 15 is 0 Å². The number of sulfonamides is 1. The van der Waals surface area contributed by atoms with Crippen LogP contribution in [0.1, 0.15) is 15.2 Å². The topological polar surface area (TPSA) is 160 Å². The fourth-order valence-electron chi connectivity index (χ4n) is 3.01. The molecule has 4 aromatic rings. The SMILES string of the molecule is O=C(Nc1ccc(S(=O)(=O)Nc2nccs2)cc1)/C(=C\c1cccc([N+](=O)[O-])c1)NC(=O)c1cccs1. The smallest absolute Gasteiger partial charge is 0.272 e. The number of nitrogens with zero attached hydrogens (tertiary/aromatic N) is 2. The lowest BCUT2D eigenvalue weighted by atomic mass is 10.1. The van der Waals surface area contributed by atoms with Crippen LogP contribution in [0.2, 0.25) is 0 Å². The number of carbonyl (C=O) groups is 2. The molecule has 2 aromatic heterocycles. The molecule has 0 radical (unpaired) electrons. The van der Waals surface area contributed by atoms with Gasteiger partial charge >= 0.3 is 0 Å². The summed E-state index contributed by atoms with van der Waals surface area (Å²) >= 11 is 2.31. The van der Waals surface area contributed by atoms with Gasteiger partial charge < -0.3 is 10.6 Å². The molecular formula is C23H17N5O6S3.